The monoisotopic (exact) mass is 279 g/mol. The maximum atomic E-state index is 6.05. The third-order valence-electron chi connectivity index (χ3n) is 3.35. The molecule has 0 aliphatic carbocycles. The number of hydrogen-bond acceptors (Lipinski definition) is 3. The van der Waals surface area contributed by atoms with Gasteiger partial charge in [0, 0.05) is 12.6 Å². The molecule has 1 atom stereocenters. The standard InChI is InChI=1S/C17H29NO2/c1-4-6-9-19-10-11-20-17-8-7-14(3)12-15(17)13-16(18)5-2/h7-8,12,16H,4-6,9-11,13,18H2,1-3H3. The van der Waals surface area contributed by atoms with Crippen molar-refractivity contribution < 1.29 is 9.47 Å². The largest absolute Gasteiger partial charge is 0.491 e. The van der Waals surface area contributed by atoms with Crippen LogP contribution in [0.3, 0.4) is 0 Å². The van der Waals surface area contributed by atoms with Crippen LogP contribution in [0.4, 0.5) is 0 Å². The van der Waals surface area contributed by atoms with Crippen LogP contribution in [0, 0.1) is 6.92 Å². The Labute approximate surface area is 123 Å². The first-order valence-corrected chi connectivity index (χ1v) is 7.73. The molecule has 3 nitrogen and oxygen atoms in total. The molecule has 20 heavy (non-hydrogen) atoms. The van der Waals surface area contributed by atoms with Crippen molar-refractivity contribution in [2.45, 2.75) is 52.5 Å². The van der Waals surface area contributed by atoms with E-state index < -0.39 is 0 Å². The Bertz CT molecular complexity index is 379. The van der Waals surface area contributed by atoms with Crippen molar-refractivity contribution in [2.75, 3.05) is 19.8 Å². The normalized spacial score (nSPS) is 12.4. The fraction of sp³-hybridized carbons (Fsp3) is 0.647. The first-order valence-electron chi connectivity index (χ1n) is 7.73. The molecule has 3 heteroatoms. The highest BCUT2D eigenvalue weighted by Gasteiger charge is 2.08. The Morgan fingerprint density at radius 3 is 2.65 bits per heavy atom. The average molecular weight is 279 g/mol. The lowest BCUT2D eigenvalue weighted by atomic mass is 10.0. The van der Waals surface area contributed by atoms with Crippen molar-refractivity contribution in [3.05, 3.63) is 29.3 Å². The summed E-state index contributed by atoms with van der Waals surface area (Å²) in [6.45, 7) is 8.44. The Balaban J connectivity index is 2.47. The maximum Gasteiger partial charge on any atom is 0.122 e. The number of hydrogen-bond donors (Lipinski definition) is 1. The third-order valence-corrected chi connectivity index (χ3v) is 3.35. The van der Waals surface area contributed by atoms with E-state index in [2.05, 4.69) is 32.9 Å². The molecule has 0 heterocycles. The SMILES string of the molecule is CCCCOCCOc1ccc(C)cc1CC(N)CC. The molecule has 0 aromatic heterocycles. The smallest absolute Gasteiger partial charge is 0.122 e. The van der Waals surface area contributed by atoms with Crippen molar-refractivity contribution in [1.29, 1.82) is 0 Å². The van der Waals surface area contributed by atoms with Gasteiger partial charge in [0.15, 0.2) is 0 Å². The summed E-state index contributed by atoms with van der Waals surface area (Å²) >= 11 is 0. The van der Waals surface area contributed by atoms with Crippen LogP contribution in [-0.2, 0) is 11.2 Å². The van der Waals surface area contributed by atoms with E-state index in [1.54, 1.807) is 0 Å². The van der Waals surface area contributed by atoms with Crippen LogP contribution < -0.4 is 10.5 Å². The maximum absolute atomic E-state index is 6.05. The average Bonchev–Trinajstić information content (AvgIpc) is 2.44. The van der Waals surface area contributed by atoms with Gasteiger partial charge in [-0.25, -0.2) is 0 Å². The Kier molecular flexibility index (Phi) is 8.31. The van der Waals surface area contributed by atoms with Gasteiger partial charge < -0.3 is 15.2 Å². The molecule has 1 aromatic rings. The van der Waals surface area contributed by atoms with Gasteiger partial charge in [0.2, 0.25) is 0 Å². The second-order valence-electron chi connectivity index (χ2n) is 5.30. The minimum atomic E-state index is 0.194. The lowest BCUT2D eigenvalue weighted by Crippen LogP contribution is -2.22. The van der Waals surface area contributed by atoms with Crippen LogP contribution in [-0.4, -0.2) is 25.9 Å². The van der Waals surface area contributed by atoms with Gasteiger partial charge in [-0.15, -0.1) is 0 Å². The number of benzene rings is 1. The zero-order chi connectivity index (χ0) is 14.8. The first kappa shape index (κ1) is 17.0. The fourth-order valence-corrected chi connectivity index (χ4v) is 1.99. The van der Waals surface area contributed by atoms with Gasteiger partial charge in [-0.2, -0.15) is 0 Å². The van der Waals surface area contributed by atoms with Crippen LogP contribution in [0.15, 0.2) is 18.2 Å². The summed E-state index contributed by atoms with van der Waals surface area (Å²) in [6, 6.07) is 6.48. The molecule has 1 unspecified atom stereocenters. The fourth-order valence-electron chi connectivity index (χ4n) is 1.99. The van der Waals surface area contributed by atoms with E-state index in [1.807, 2.05) is 6.07 Å². The summed E-state index contributed by atoms with van der Waals surface area (Å²) in [5.74, 6) is 0.943. The van der Waals surface area contributed by atoms with E-state index in [9.17, 15) is 0 Å². The topological polar surface area (TPSA) is 44.5 Å². The number of ether oxygens (including phenoxy) is 2. The van der Waals surface area contributed by atoms with Crippen LogP contribution in [0.2, 0.25) is 0 Å². The summed E-state index contributed by atoms with van der Waals surface area (Å²) in [7, 11) is 0. The first-order chi connectivity index (χ1) is 9.67. The zero-order valence-corrected chi connectivity index (χ0v) is 13.2. The molecule has 0 saturated heterocycles. The van der Waals surface area contributed by atoms with Crippen LogP contribution >= 0.6 is 0 Å². The van der Waals surface area contributed by atoms with Gasteiger partial charge in [-0.3, -0.25) is 0 Å². The van der Waals surface area contributed by atoms with Gasteiger partial charge in [-0.05, 0) is 37.8 Å². The Hall–Kier alpha value is -1.06. The summed E-state index contributed by atoms with van der Waals surface area (Å²) in [6.07, 6.45) is 4.12. The van der Waals surface area contributed by atoms with E-state index >= 15 is 0 Å². The quantitative estimate of drug-likeness (QED) is 0.667. The summed E-state index contributed by atoms with van der Waals surface area (Å²) in [4.78, 5) is 0. The zero-order valence-electron chi connectivity index (χ0n) is 13.2. The number of rotatable bonds is 10. The van der Waals surface area contributed by atoms with Crippen molar-refractivity contribution in [2.24, 2.45) is 5.73 Å². The molecule has 0 aliphatic rings. The Morgan fingerprint density at radius 1 is 1.15 bits per heavy atom. The molecule has 0 amide bonds. The minimum Gasteiger partial charge on any atom is -0.491 e. The van der Waals surface area contributed by atoms with Gasteiger partial charge in [-0.1, -0.05) is 38.0 Å². The van der Waals surface area contributed by atoms with Gasteiger partial charge in [0.25, 0.3) is 0 Å². The van der Waals surface area contributed by atoms with E-state index in [4.69, 9.17) is 15.2 Å². The van der Waals surface area contributed by atoms with E-state index in [1.165, 1.54) is 11.1 Å². The van der Waals surface area contributed by atoms with E-state index in [0.717, 1.165) is 38.0 Å². The predicted molar refractivity (Wildman–Crippen MR) is 84.4 cm³/mol. The van der Waals surface area contributed by atoms with Crippen molar-refractivity contribution in [3.8, 4) is 5.75 Å². The molecule has 1 aromatic carbocycles. The Morgan fingerprint density at radius 2 is 1.95 bits per heavy atom. The second kappa shape index (κ2) is 9.78. The van der Waals surface area contributed by atoms with Gasteiger partial charge >= 0.3 is 0 Å². The summed E-state index contributed by atoms with van der Waals surface area (Å²) < 4.78 is 11.3. The van der Waals surface area contributed by atoms with Crippen LogP contribution in [0.5, 0.6) is 5.75 Å². The van der Waals surface area contributed by atoms with Crippen molar-refractivity contribution in [3.63, 3.8) is 0 Å². The molecular formula is C17H29NO2. The highest BCUT2D eigenvalue weighted by atomic mass is 16.5. The lowest BCUT2D eigenvalue weighted by Gasteiger charge is -2.15. The highest BCUT2D eigenvalue weighted by molar-refractivity contribution is 5.37. The number of nitrogens with two attached hydrogens (primary N) is 1. The van der Waals surface area contributed by atoms with Crippen molar-refractivity contribution >= 4 is 0 Å². The lowest BCUT2D eigenvalue weighted by molar-refractivity contribution is 0.0977. The minimum absolute atomic E-state index is 0.194. The van der Waals surface area contributed by atoms with Crippen molar-refractivity contribution in [1.82, 2.24) is 0 Å². The number of unbranched alkanes of at least 4 members (excludes halogenated alkanes) is 1. The highest BCUT2D eigenvalue weighted by Crippen LogP contribution is 2.21. The molecule has 0 radical (unpaired) electrons. The molecular weight excluding hydrogens is 250 g/mol. The van der Waals surface area contributed by atoms with E-state index in [-0.39, 0.29) is 6.04 Å². The molecule has 0 saturated carbocycles. The molecule has 0 spiro atoms. The molecule has 0 fully saturated rings. The van der Waals surface area contributed by atoms with Gasteiger partial charge in [0.1, 0.15) is 12.4 Å². The summed E-state index contributed by atoms with van der Waals surface area (Å²) in [5, 5.41) is 0. The molecule has 1 rings (SSSR count). The molecule has 0 aliphatic heterocycles. The van der Waals surface area contributed by atoms with Crippen LogP contribution in [0.25, 0.3) is 0 Å². The molecule has 2 N–H and O–H groups in total. The van der Waals surface area contributed by atoms with E-state index in [0.29, 0.717) is 13.2 Å². The number of aryl methyl sites for hydroxylation is 1. The third kappa shape index (κ3) is 6.40. The predicted octanol–water partition coefficient (Wildman–Crippen LogP) is 3.47. The summed E-state index contributed by atoms with van der Waals surface area (Å²) in [5.41, 5.74) is 8.50. The van der Waals surface area contributed by atoms with Gasteiger partial charge in [0.05, 0.1) is 6.61 Å². The second-order valence-corrected chi connectivity index (χ2v) is 5.30. The molecule has 114 valence electrons. The van der Waals surface area contributed by atoms with Crippen LogP contribution in [0.1, 0.15) is 44.2 Å². The molecule has 0 bridgehead atoms.